The van der Waals surface area contributed by atoms with Gasteiger partial charge in [-0.3, -0.25) is 10.2 Å². The molecule has 1 aliphatic heterocycles. The van der Waals surface area contributed by atoms with Crippen molar-refractivity contribution < 1.29 is 4.79 Å². The molecule has 0 aliphatic carbocycles. The van der Waals surface area contributed by atoms with Gasteiger partial charge in [0.2, 0.25) is 5.91 Å². The lowest BCUT2D eigenvalue weighted by molar-refractivity contribution is -0.122. The van der Waals surface area contributed by atoms with Crippen LogP contribution in [-0.2, 0) is 4.79 Å². The zero-order valence-electron chi connectivity index (χ0n) is 13.3. The lowest BCUT2D eigenvalue weighted by Gasteiger charge is -2.20. The molecule has 1 heterocycles. The molecule has 3 N–H and O–H groups in total. The van der Waals surface area contributed by atoms with E-state index in [1.54, 1.807) is 0 Å². The van der Waals surface area contributed by atoms with Crippen LogP contribution in [0.15, 0.2) is 60.7 Å². The highest BCUT2D eigenvalue weighted by Gasteiger charge is 2.27. The number of amides is 1. The van der Waals surface area contributed by atoms with E-state index in [4.69, 9.17) is 0 Å². The van der Waals surface area contributed by atoms with Gasteiger partial charge in [-0.25, -0.2) is 5.43 Å². The van der Waals surface area contributed by atoms with E-state index in [1.807, 2.05) is 36.4 Å². The van der Waals surface area contributed by atoms with E-state index in [1.165, 1.54) is 11.1 Å². The van der Waals surface area contributed by atoms with Gasteiger partial charge in [0.15, 0.2) is 0 Å². The average Bonchev–Trinajstić information content (AvgIpc) is 3.03. The summed E-state index contributed by atoms with van der Waals surface area (Å²) in [6, 6.07) is 20.8. The van der Waals surface area contributed by atoms with Crippen LogP contribution >= 0.6 is 0 Å². The lowest BCUT2D eigenvalue weighted by Crippen LogP contribution is -2.44. The monoisotopic (exact) mass is 309 g/mol. The van der Waals surface area contributed by atoms with Gasteiger partial charge in [0.05, 0.1) is 0 Å². The third-order valence-corrected chi connectivity index (χ3v) is 4.29. The molecule has 3 rings (SSSR count). The van der Waals surface area contributed by atoms with Crippen molar-refractivity contribution in [3.63, 3.8) is 0 Å². The Morgan fingerprint density at radius 1 is 1.04 bits per heavy atom. The fourth-order valence-corrected chi connectivity index (χ4v) is 3.01. The van der Waals surface area contributed by atoms with Crippen molar-refractivity contribution >= 4 is 5.91 Å². The Hall–Kier alpha value is -2.17. The van der Waals surface area contributed by atoms with E-state index in [0.29, 0.717) is 12.6 Å². The number of hydrogen-bond donors (Lipinski definition) is 3. The van der Waals surface area contributed by atoms with Crippen molar-refractivity contribution in [2.24, 2.45) is 0 Å². The van der Waals surface area contributed by atoms with Crippen molar-refractivity contribution in [1.82, 2.24) is 16.2 Å². The van der Waals surface area contributed by atoms with Gasteiger partial charge in [-0.05, 0) is 24.5 Å². The molecule has 120 valence electrons. The van der Waals surface area contributed by atoms with Crippen LogP contribution in [0.4, 0.5) is 0 Å². The van der Waals surface area contributed by atoms with Gasteiger partial charge in [-0.1, -0.05) is 60.7 Å². The van der Waals surface area contributed by atoms with Gasteiger partial charge >= 0.3 is 0 Å². The minimum atomic E-state index is -0.155. The molecule has 1 amide bonds. The smallest absolute Gasteiger partial charge is 0.238 e. The summed E-state index contributed by atoms with van der Waals surface area (Å²) in [5.74, 6) is 0.215. The number of hydrogen-bond acceptors (Lipinski definition) is 3. The molecule has 0 spiro atoms. The maximum atomic E-state index is 12.3. The van der Waals surface area contributed by atoms with Gasteiger partial charge < -0.3 is 5.32 Å². The number of hydrazine groups is 1. The van der Waals surface area contributed by atoms with Crippen LogP contribution in [0.1, 0.15) is 30.4 Å². The van der Waals surface area contributed by atoms with Crippen LogP contribution in [0.5, 0.6) is 0 Å². The molecule has 2 atom stereocenters. The van der Waals surface area contributed by atoms with E-state index < -0.39 is 0 Å². The first-order chi connectivity index (χ1) is 11.2. The molecule has 0 saturated carbocycles. The predicted molar refractivity (Wildman–Crippen MR) is 91.9 cm³/mol. The second-order valence-corrected chi connectivity index (χ2v) is 6.10. The van der Waals surface area contributed by atoms with Gasteiger partial charge in [0.1, 0.15) is 6.04 Å². The molecule has 2 unspecified atom stereocenters. The normalized spacial score (nSPS) is 20.6. The van der Waals surface area contributed by atoms with E-state index in [0.717, 1.165) is 6.42 Å². The molecule has 2 aromatic carbocycles. The van der Waals surface area contributed by atoms with Gasteiger partial charge in [0, 0.05) is 18.5 Å². The third kappa shape index (κ3) is 3.97. The van der Waals surface area contributed by atoms with Crippen molar-refractivity contribution in [3.8, 4) is 0 Å². The van der Waals surface area contributed by atoms with E-state index in [-0.39, 0.29) is 17.9 Å². The van der Waals surface area contributed by atoms with Gasteiger partial charge in [-0.15, -0.1) is 0 Å². The Kier molecular flexibility index (Phi) is 5.05. The number of carbonyl (C=O) groups excluding carboxylic acids is 1. The summed E-state index contributed by atoms with van der Waals surface area (Å²) in [4.78, 5) is 12.3. The highest BCUT2D eigenvalue weighted by atomic mass is 16.2. The van der Waals surface area contributed by atoms with Crippen molar-refractivity contribution in [1.29, 1.82) is 0 Å². The quantitative estimate of drug-likeness (QED) is 0.793. The van der Waals surface area contributed by atoms with Crippen LogP contribution in [0.3, 0.4) is 0 Å². The van der Waals surface area contributed by atoms with Gasteiger partial charge in [-0.2, -0.15) is 0 Å². The minimum absolute atomic E-state index is 0.0544. The number of benzene rings is 2. The Bertz CT molecular complexity index is 590. The highest BCUT2D eigenvalue weighted by Crippen LogP contribution is 2.23. The second-order valence-electron chi connectivity index (χ2n) is 6.10. The third-order valence-electron chi connectivity index (χ3n) is 4.29. The van der Waals surface area contributed by atoms with Crippen molar-refractivity contribution in [3.05, 3.63) is 71.8 Å². The standard InChI is InChI=1S/C19H23N3O/c1-14-12-18(22-21-14)19(23)20-13-17(15-8-4-2-5-9-15)16-10-6-3-7-11-16/h2-11,14,17-18,21-22H,12-13H2,1H3,(H,20,23). The zero-order valence-corrected chi connectivity index (χ0v) is 13.3. The molecule has 4 nitrogen and oxygen atoms in total. The van der Waals surface area contributed by atoms with Crippen LogP contribution in [0.25, 0.3) is 0 Å². The molecule has 0 bridgehead atoms. The summed E-state index contributed by atoms with van der Waals surface area (Å²) < 4.78 is 0. The predicted octanol–water partition coefficient (Wildman–Crippen LogP) is 2.19. The highest BCUT2D eigenvalue weighted by molar-refractivity contribution is 5.82. The summed E-state index contributed by atoms with van der Waals surface area (Å²) in [7, 11) is 0. The number of carbonyl (C=O) groups is 1. The Morgan fingerprint density at radius 3 is 2.09 bits per heavy atom. The van der Waals surface area contributed by atoms with Crippen LogP contribution in [-0.4, -0.2) is 24.5 Å². The average molecular weight is 309 g/mol. The molecule has 4 heteroatoms. The molecule has 1 fully saturated rings. The summed E-state index contributed by atoms with van der Waals surface area (Å²) in [5, 5.41) is 3.10. The molecule has 1 saturated heterocycles. The molecular weight excluding hydrogens is 286 g/mol. The van der Waals surface area contributed by atoms with E-state index in [9.17, 15) is 4.79 Å². The zero-order chi connectivity index (χ0) is 16.1. The summed E-state index contributed by atoms with van der Waals surface area (Å²) in [6.45, 7) is 2.66. The maximum absolute atomic E-state index is 12.3. The van der Waals surface area contributed by atoms with Crippen LogP contribution < -0.4 is 16.2 Å². The molecule has 1 aliphatic rings. The minimum Gasteiger partial charge on any atom is -0.354 e. The SMILES string of the molecule is CC1CC(C(=O)NCC(c2ccccc2)c2ccccc2)NN1. The molecule has 23 heavy (non-hydrogen) atoms. The lowest BCUT2D eigenvalue weighted by atomic mass is 9.91. The largest absolute Gasteiger partial charge is 0.354 e. The van der Waals surface area contributed by atoms with Crippen molar-refractivity contribution in [2.75, 3.05) is 6.54 Å². The van der Waals surface area contributed by atoms with E-state index in [2.05, 4.69) is 47.4 Å². The topological polar surface area (TPSA) is 53.2 Å². The van der Waals surface area contributed by atoms with Crippen LogP contribution in [0.2, 0.25) is 0 Å². The summed E-state index contributed by atoms with van der Waals surface area (Å²) in [5.41, 5.74) is 8.56. The molecule has 0 radical (unpaired) electrons. The molecule has 2 aromatic rings. The number of nitrogens with one attached hydrogen (secondary N) is 3. The second kappa shape index (κ2) is 7.40. The van der Waals surface area contributed by atoms with Gasteiger partial charge in [0.25, 0.3) is 0 Å². The molecular formula is C19H23N3O. The molecule has 0 aromatic heterocycles. The first-order valence-electron chi connectivity index (χ1n) is 8.12. The number of rotatable bonds is 5. The Morgan fingerprint density at radius 2 is 1.61 bits per heavy atom. The first-order valence-corrected chi connectivity index (χ1v) is 8.12. The summed E-state index contributed by atoms with van der Waals surface area (Å²) >= 11 is 0. The summed E-state index contributed by atoms with van der Waals surface area (Å²) in [6.07, 6.45) is 0.813. The Balaban J connectivity index is 1.71. The van der Waals surface area contributed by atoms with E-state index >= 15 is 0 Å². The maximum Gasteiger partial charge on any atom is 0.238 e. The Labute approximate surface area is 137 Å². The first kappa shape index (κ1) is 15.7. The fourth-order valence-electron chi connectivity index (χ4n) is 3.01. The van der Waals surface area contributed by atoms with Crippen LogP contribution in [0, 0.1) is 0 Å². The fraction of sp³-hybridized carbons (Fsp3) is 0.316. The van der Waals surface area contributed by atoms with Crippen molar-refractivity contribution in [2.45, 2.75) is 31.3 Å².